The predicted octanol–water partition coefficient (Wildman–Crippen LogP) is 0.328. The van der Waals surface area contributed by atoms with Crippen molar-refractivity contribution in [3.63, 3.8) is 0 Å². The molecule has 106 valence electrons. The summed E-state index contributed by atoms with van der Waals surface area (Å²) in [4.78, 5) is 16.0. The van der Waals surface area contributed by atoms with E-state index < -0.39 is 0 Å². The van der Waals surface area contributed by atoms with Crippen LogP contribution in [0.4, 0.5) is 0 Å². The Morgan fingerprint density at radius 1 is 1.33 bits per heavy atom. The molecular formula is C13H26N2O3. The quantitative estimate of drug-likeness (QED) is 0.669. The van der Waals surface area contributed by atoms with Crippen molar-refractivity contribution in [2.75, 3.05) is 46.4 Å². The molecule has 0 spiro atoms. The van der Waals surface area contributed by atoms with Crippen molar-refractivity contribution < 1.29 is 14.6 Å². The molecule has 1 atom stereocenters. The molecule has 5 heteroatoms. The molecule has 0 radical (unpaired) electrons. The lowest BCUT2D eigenvalue weighted by Gasteiger charge is -2.35. The van der Waals surface area contributed by atoms with Crippen LogP contribution < -0.4 is 0 Å². The van der Waals surface area contributed by atoms with Crippen LogP contribution in [0.1, 0.15) is 26.2 Å². The first kappa shape index (κ1) is 15.4. The van der Waals surface area contributed by atoms with Gasteiger partial charge in [-0.15, -0.1) is 0 Å². The summed E-state index contributed by atoms with van der Waals surface area (Å²) in [6, 6.07) is 0. The fraction of sp³-hybridized carbons (Fsp3) is 0.923. The number of aliphatic hydroxyl groups excluding tert-OH is 1. The van der Waals surface area contributed by atoms with E-state index in [1.54, 1.807) is 7.11 Å². The first-order valence-corrected chi connectivity index (χ1v) is 6.84. The molecule has 0 aromatic heterocycles. The predicted molar refractivity (Wildman–Crippen MR) is 70.4 cm³/mol. The number of aliphatic hydroxyl groups is 1. The summed E-state index contributed by atoms with van der Waals surface area (Å²) in [6.45, 7) is 6.65. The van der Waals surface area contributed by atoms with Crippen LogP contribution in [0.2, 0.25) is 0 Å². The summed E-state index contributed by atoms with van der Waals surface area (Å²) < 4.78 is 4.95. The van der Waals surface area contributed by atoms with Gasteiger partial charge in [-0.1, -0.05) is 6.92 Å². The zero-order valence-corrected chi connectivity index (χ0v) is 11.6. The Balaban J connectivity index is 2.20. The largest absolute Gasteiger partial charge is 0.392 e. The fourth-order valence-electron chi connectivity index (χ4n) is 2.13. The topological polar surface area (TPSA) is 53.0 Å². The molecule has 5 nitrogen and oxygen atoms in total. The second-order valence-corrected chi connectivity index (χ2v) is 4.84. The van der Waals surface area contributed by atoms with Gasteiger partial charge in [0.2, 0.25) is 5.91 Å². The van der Waals surface area contributed by atoms with Crippen molar-refractivity contribution in [2.24, 2.45) is 0 Å². The summed E-state index contributed by atoms with van der Waals surface area (Å²) in [5, 5.41) is 9.59. The lowest BCUT2D eigenvalue weighted by Crippen LogP contribution is -2.50. The number of piperazine rings is 1. The van der Waals surface area contributed by atoms with Crippen LogP contribution >= 0.6 is 0 Å². The van der Waals surface area contributed by atoms with Gasteiger partial charge in [-0.3, -0.25) is 9.69 Å². The van der Waals surface area contributed by atoms with Crippen molar-refractivity contribution in [2.45, 2.75) is 32.3 Å². The van der Waals surface area contributed by atoms with Crippen LogP contribution in [0.15, 0.2) is 0 Å². The Bertz CT molecular complexity index is 240. The minimum Gasteiger partial charge on any atom is -0.392 e. The molecule has 1 amide bonds. The van der Waals surface area contributed by atoms with Gasteiger partial charge < -0.3 is 14.7 Å². The fourth-order valence-corrected chi connectivity index (χ4v) is 2.13. The van der Waals surface area contributed by atoms with Gasteiger partial charge in [-0.05, 0) is 12.8 Å². The Morgan fingerprint density at radius 3 is 2.56 bits per heavy atom. The van der Waals surface area contributed by atoms with E-state index in [2.05, 4.69) is 4.90 Å². The number of methoxy groups -OCH3 is 1. The molecule has 18 heavy (non-hydrogen) atoms. The summed E-state index contributed by atoms with van der Waals surface area (Å²) in [5.41, 5.74) is 0. The number of carbonyl (C=O) groups excluding carboxylic acids is 1. The van der Waals surface area contributed by atoms with Crippen molar-refractivity contribution in [3.05, 3.63) is 0 Å². The van der Waals surface area contributed by atoms with E-state index >= 15 is 0 Å². The van der Waals surface area contributed by atoms with E-state index in [1.807, 2.05) is 11.8 Å². The highest BCUT2D eigenvalue weighted by Gasteiger charge is 2.21. The number of β-amino-alcohol motifs (C(OH)–C–C–N with tert-alkyl or cyclic N) is 1. The molecule has 0 saturated carbocycles. The average molecular weight is 258 g/mol. The third-order valence-electron chi connectivity index (χ3n) is 3.40. The second kappa shape index (κ2) is 8.45. The highest BCUT2D eigenvalue weighted by atomic mass is 16.5. The zero-order chi connectivity index (χ0) is 13.4. The van der Waals surface area contributed by atoms with Crippen molar-refractivity contribution in [3.8, 4) is 0 Å². The normalized spacial score (nSPS) is 18.9. The molecule has 0 aromatic carbocycles. The van der Waals surface area contributed by atoms with E-state index in [-0.39, 0.29) is 12.0 Å². The summed E-state index contributed by atoms with van der Waals surface area (Å²) in [7, 11) is 1.66. The monoisotopic (exact) mass is 258 g/mol. The second-order valence-electron chi connectivity index (χ2n) is 4.84. The number of amides is 1. The highest BCUT2D eigenvalue weighted by Crippen LogP contribution is 2.06. The van der Waals surface area contributed by atoms with Crippen LogP contribution in [0, 0.1) is 0 Å². The summed E-state index contributed by atoms with van der Waals surface area (Å²) >= 11 is 0. The number of hydrogen-bond donors (Lipinski definition) is 1. The number of carbonyl (C=O) groups is 1. The molecule has 1 N–H and O–H groups in total. The molecule has 1 fully saturated rings. The average Bonchev–Trinajstić information content (AvgIpc) is 2.39. The van der Waals surface area contributed by atoms with Crippen LogP contribution in [0.3, 0.4) is 0 Å². The van der Waals surface area contributed by atoms with Gasteiger partial charge in [0.1, 0.15) is 0 Å². The Kier molecular flexibility index (Phi) is 7.23. The van der Waals surface area contributed by atoms with Gasteiger partial charge >= 0.3 is 0 Å². The minimum absolute atomic E-state index is 0.225. The maximum Gasteiger partial charge on any atom is 0.222 e. The standard InChI is InChI=1S/C13H26N2O3/c1-3-12(16)11-14-6-8-15(9-7-14)13(17)5-4-10-18-2/h12,16H,3-11H2,1-2H3/t12-/m1/s1. The van der Waals surface area contributed by atoms with Crippen molar-refractivity contribution >= 4 is 5.91 Å². The minimum atomic E-state index is -0.242. The number of ether oxygens (including phenoxy) is 1. The third kappa shape index (κ3) is 5.33. The van der Waals surface area contributed by atoms with E-state index in [4.69, 9.17) is 4.74 Å². The third-order valence-corrected chi connectivity index (χ3v) is 3.40. The molecular weight excluding hydrogens is 232 g/mol. The zero-order valence-electron chi connectivity index (χ0n) is 11.6. The molecule has 1 saturated heterocycles. The Morgan fingerprint density at radius 2 is 2.00 bits per heavy atom. The molecule has 0 unspecified atom stereocenters. The van der Waals surface area contributed by atoms with E-state index in [0.29, 0.717) is 13.0 Å². The van der Waals surface area contributed by atoms with Crippen LogP contribution in [-0.2, 0) is 9.53 Å². The van der Waals surface area contributed by atoms with E-state index in [1.165, 1.54) is 0 Å². The lowest BCUT2D eigenvalue weighted by atomic mass is 10.2. The molecule has 0 bridgehead atoms. The Labute approximate surface area is 110 Å². The van der Waals surface area contributed by atoms with Gasteiger partial charge in [0.05, 0.1) is 6.10 Å². The van der Waals surface area contributed by atoms with Gasteiger partial charge in [-0.2, -0.15) is 0 Å². The Hall–Kier alpha value is -0.650. The van der Waals surface area contributed by atoms with Crippen molar-refractivity contribution in [1.82, 2.24) is 9.80 Å². The SMILES string of the molecule is CC[C@@H](O)CN1CCN(C(=O)CCCOC)CC1. The number of nitrogens with zero attached hydrogens (tertiary/aromatic N) is 2. The van der Waals surface area contributed by atoms with Crippen molar-refractivity contribution in [1.29, 1.82) is 0 Å². The van der Waals surface area contributed by atoms with Gasteiger partial charge in [0.25, 0.3) is 0 Å². The van der Waals surface area contributed by atoms with Gasteiger partial charge in [0.15, 0.2) is 0 Å². The molecule has 0 aliphatic carbocycles. The molecule has 1 rings (SSSR count). The maximum atomic E-state index is 11.9. The first-order chi connectivity index (χ1) is 8.67. The van der Waals surface area contributed by atoms with E-state index in [0.717, 1.165) is 45.6 Å². The number of hydrogen-bond acceptors (Lipinski definition) is 4. The number of rotatable bonds is 7. The lowest BCUT2D eigenvalue weighted by molar-refractivity contribution is -0.133. The molecule has 1 aliphatic rings. The maximum absolute atomic E-state index is 11.9. The van der Waals surface area contributed by atoms with Crippen LogP contribution in [-0.4, -0.2) is 73.4 Å². The van der Waals surface area contributed by atoms with Crippen LogP contribution in [0.25, 0.3) is 0 Å². The van der Waals surface area contributed by atoms with Gasteiger partial charge in [0, 0.05) is 52.9 Å². The molecule has 1 heterocycles. The van der Waals surface area contributed by atoms with E-state index in [9.17, 15) is 9.90 Å². The highest BCUT2D eigenvalue weighted by molar-refractivity contribution is 5.76. The summed E-state index contributed by atoms with van der Waals surface area (Å²) in [6.07, 6.45) is 1.92. The first-order valence-electron chi connectivity index (χ1n) is 6.84. The summed E-state index contributed by atoms with van der Waals surface area (Å²) in [5.74, 6) is 0.225. The molecule has 1 aliphatic heterocycles. The smallest absolute Gasteiger partial charge is 0.222 e. The molecule has 0 aromatic rings. The van der Waals surface area contributed by atoms with Crippen LogP contribution in [0.5, 0.6) is 0 Å². The van der Waals surface area contributed by atoms with Gasteiger partial charge in [-0.25, -0.2) is 0 Å².